The minimum Gasteiger partial charge on any atom is -0.461 e. The lowest BCUT2D eigenvalue weighted by Crippen LogP contribution is -2.43. The molecule has 0 bridgehead atoms. The second kappa shape index (κ2) is 10.9. The second-order valence-corrected chi connectivity index (χ2v) is 12.0. The van der Waals surface area contributed by atoms with Gasteiger partial charge in [-0.1, -0.05) is 18.7 Å². The van der Waals surface area contributed by atoms with Gasteiger partial charge in [-0.3, -0.25) is 14.7 Å². The second-order valence-electron chi connectivity index (χ2n) is 12.0. The first-order chi connectivity index (χ1) is 21.3. The van der Waals surface area contributed by atoms with Crippen LogP contribution in [0, 0.1) is 11.6 Å². The third-order valence-corrected chi connectivity index (χ3v) is 9.51. The molecule has 0 saturated carbocycles. The first-order valence-corrected chi connectivity index (χ1v) is 15.0. The highest BCUT2D eigenvalue weighted by Gasteiger charge is 2.45. The highest BCUT2D eigenvalue weighted by atomic mass is 19.1. The lowest BCUT2D eigenvalue weighted by molar-refractivity contribution is -0.125. The number of carbonyl (C=O) groups is 1. The molecule has 44 heavy (non-hydrogen) atoms. The number of nitrogen functional groups attached to an aromatic ring is 1. The summed E-state index contributed by atoms with van der Waals surface area (Å²) in [4.78, 5) is 36.5. The zero-order valence-electron chi connectivity index (χ0n) is 24.6. The van der Waals surface area contributed by atoms with Crippen LogP contribution in [0.15, 0.2) is 43.1 Å². The molecule has 228 valence electrons. The van der Waals surface area contributed by atoms with E-state index in [0.29, 0.717) is 42.7 Å². The van der Waals surface area contributed by atoms with Gasteiger partial charge in [-0.05, 0) is 68.8 Å². The number of halogens is 2. The van der Waals surface area contributed by atoms with E-state index in [0.717, 1.165) is 38.8 Å². The van der Waals surface area contributed by atoms with Crippen molar-refractivity contribution in [1.82, 2.24) is 29.7 Å². The van der Waals surface area contributed by atoms with Crippen LogP contribution >= 0.6 is 0 Å². The summed E-state index contributed by atoms with van der Waals surface area (Å²) in [6.07, 6.45) is 7.77. The van der Waals surface area contributed by atoms with E-state index in [1.807, 2.05) is 11.9 Å². The molecule has 6 heterocycles. The topological polar surface area (TPSA) is 114 Å². The minimum atomic E-state index is -0.775. The number of hydrogen-bond acceptors (Lipinski definition) is 9. The summed E-state index contributed by atoms with van der Waals surface area (Å²) in [6.45, 7) is 7.12. The number of pyridine rings is 2. The lowest BCUT2D eigenvalue weighted by atomic mass is 9.95. The number of hydrogen-bond donors (Lipinski definition) is 1. The predicted molar refractivity (Wildman–Crippen MR) is 164 cm³/mol. The van der Waals surface area contributed by atoms with E-state index in [1.165, 1.54) is 18.3 Å². The van der Waals surface area contributed by atoms with Crippen molar-refractivity contribution >= 4 is 39.2 Å². The minimum absolute atomic E-state index is 0.00528. The molecule has 0 aliphatic carbocycles. The molecule has 1 atom stereocenters. The van der Waals surface area contributed by atoms with Crippen LogP contribution < -0.4 is 15.4 Å². The smallest absolute Gasteiger partial charge is 0.319 e. The molecule has 0 unspecified atom stereocenters. The third kappa shape index (κ3) is 4.68. The van der Waals surface area contributed by atoms with Gasteiger partial charge in [0.15, 0.2) is 5.82 Å². The summed E-state index contributed by atoms with van der Waals surface area (Å²) in [7, 11) is 1.86. The van der Waals surface area contributed by atoms with Crippen molar-refractivity contribution in [3.63, 3.8) is 0 Å². The van der Waals surface area contributed by atoms with Crippen LogP contribution in [0.5, 0.6) is 6.01 Å². The Balaban J connectivity index is 1.34. The molecular formula is C32H34F2N8O2. The molecule has 3 fully saturated rings. The van der Waals surface area contributed by atoms with Gasteiger partial charge in [0.2, 0.25) is 5.91 Å². The van der Waals surface area contributed by atoms with E-state index in [-0.39, 0.29) is 51.6 Å². The van der Waals surface area contributed by atoms with Gasteiger partial charge in [0, 0.05) is 37.8 Å². The van der Waals surface area contributed by atoms with E-state index < -0.39 is 11.6 Å². The van der Waals surface area contributed by atoms with Crippen molar-refractivity contribution in [2.45, 2.75) is 43.7 Å². The molecule has 1 aromatic carbocycles. The summed E-state index contributed by atoms with van der Waals surface area (Å²) in [5.41, 5.74) is 5.79. The zero-order valence-corrected chi connectivity index (χ0v) is 24.6. The fraction of sp³-hybridized carbons (Fsp3) is 0.406. The van der Waals surface area contributed by atoms with Gasteiger partial charge in [0.25, 0.3) is 0 Å². The third-order valence-electron chi connectivity index (χ3n) is 9.51. The normalized spacial score (nSPS) is 19.5. The number of ether oxygens (including phenoxy) is 1. The fourth-order valence-electron chi connectivity index (χ4n) is 7.20. The van der Waals surface area contributed by atoms with Gasteiger partial charge in [0.1, 0.15) is 41.0 Å². The Morgan fingerprint density at radius 2 is 1.98 bits per heavy atom. The van der Waals surface area contributed by atoms with E-state index in [2.05, 4.69) is 26.4 Å². The number of carbonyl (C=O) groups excluding carboxylic acids is 1. The van der Waals surface area contributed by atoms with Gasteiger partial charge >= 0.3 is 6.01 Å². The van der Waals surface area contributed by atoms with Gasteiger partial charge in [-0.2, -0.15) is 9.97 Å². The molecule has 7 rings (SSSR count). The number of likely N-dealkylation sites (N-methyl/N-ethyl adjacent to an activating group) is 1. The SMILES string of the molecule is C=CC(=O)N1CC[C@@H](N(C)c2nc(OCC34CCCN3CCC4)nc3c(F)c(-c4nc(N)cc5cccc(F)c45)ncc23)C1. The van der Waals surface area contributed by atoms with Crippen molar-refractivity contribution in [2.24, 2.45) is 0 Å². The van der Waals surface area contributed by atoms with Gasteiger partial charge < -0.3 is 20.3 Å². The maximum atomic E-state index is 16.6. The Hall–Kier alpha value is -4.45. The lowest BCUT2D eigenvalue weighted by Gasteiger charge is -2.31. The van der Waals surface area contributed by atoms with E-state index in [4.69, 9.17) is 15.5 Å². The molecule has 0 spiro atoms. The summed E-state index contributed by atoms with van der Waals surface area (Å²) < 4.78 is 38.0. The highest BCUT2D eigenvalue weighted by molar-refractivity contribution is 5.99. The first kappa shape index (κ1) is 28.3. The number of likely N-dealkylation sites (tertiary alicyclic amines) is 1. The predicted octanol–water partition coefficient (Wildman–Crippen LogP) is 4.33. The summed E-state index contributed by atoms with van der Waals surface area (Å²) in [5.74, 6) is -0.924. The van der Waals surface area contributed by atoms with Crippen LogP contribution in [-0.4, -0.2) is 87.1 Å². The summed E-state index contributed by atoms with van der Waals surface area (Å²) >= 11 is 0. The molecule has 4 aromatic rings. The average molecular weight is 601 g/mol. The number of amides is 1. The summed E-state index contributed by atoms with van der Waals surface area (Å²) in [6, 6.07) is 6.06. The Morgan fingerprint density at radius 1 is 1.18 bits per heavy atom. The van der Waals surface area contributed by atoms with Crippen molar-refractivity contribution in [3.05, 3.63) is 54.8 Å². The van der Waals surface area contributed by atoms with Gasteiger partial charge in [-0.15, -0.1) is 0 Å². The molecule has 10 nitrogen and oxygen atoms in total. The molecule has 2 N–H and O–H groups in total. The van der Waals surface area contributed by atoms with Crippen LogP contribution in [-0.2, 0) is 4.79 Å². The maximum absolute atomic E-state index is 16.6. The molecule has 3 aliphatic rings. The number of benzene rings is 1. The Bertz CT molecular complexity index is 1790. The highest BCUT2D eigenvalue weighted by Crippen LogP contribution is 2.40. The zero-order chi connectivity index (χ0) is 30.6. The molecule has 3 aliphatic heterocycles. The van der Waals surface area contributed by atoms with Crippen molar-refractivity contribution < 1.29 is 18.3 Å². The number of anilines is 2. The van der Waals surface area contributed by atoms with Crippen molar-refractivity contribution in [2.75, 3.05) is 50.5 Å². The maximum Gasteiger partial charge on any atom is 0.319 e. The van der Waals surface area contributed by atoms with Crippen LogP contribution in [0.3, 0.4) is 0 Å². The fourth-order valence-corrected chi connectivity index (χ4v) is 7.20. The molecule has 0 radical (unpaired) electrons. The van der Waals surface area contributed by atoms with Crippen LogP contribution in [0.2, 0.25) is 0 Å². The number of nitrogens with zero attached hydrogens (tertiary/aromatic N) is 7. The number of fused-ring (bicyclic) bond motifs is 3. The van der Waals surface area contributed by atoms with Crippen LogP contribution in [0.1, 0.15) is 32.1 Å². The van der Waals surface area contributed by atoms with E-state index in [1.54, 1.807) is 23.1 Å². The molecular weight excluding hydrogens is 566 g/mol. The van der Waals surface area contributed by atoms with Crippen molar-refractivity contribution in [1.29, 1.82) is 0 Å². The van der Waals surface area contributed by atoms with Crippen LogP contribution in [0.4, 0.5) is 20.4 Å². The summed E-state index contributed by atoms with van der Waals surface area (Å²) in [5, 5.41) is 0.970. The number of aromatic nitrogens is 4. The molecule has 3 aromatic heterocycles. The first-order valence-electron chi connectivity index (χ1n) is 15.0. The van der Waals surface area contributed by atoms with Gasteiger partial charge in [0.05, 0.1) is 10.9 Å². The van der Waals surface area contributed by atoms with Gasteiger partial charge in [-0.25, -0.2) is 13.8 Å². The monoisotopic (exact) mass is 600 g/mol. The largest absolute Gasteiger partial charge is 0.461 e. The quantitative estimate of drug-likeness (QED) is 0.310. The number of nitrogens with two attached hydrogens (primary N) is 1. The molecule has 1 amide bonds. The standard InChI is InChI=1S/C32H34F2N8O2/c1-3-24(43)41-14-9-20(17-41)40(2)30-21-16-36-29(28-25-19(15-23(35)37-28)7-4-8-22(25)33)26(34)27(21)38-31(39-30)44-18-32-10-5-12-42(32)13-6-11-32/h3-4,7-8,15-16,20H,1,5-6,9-14,17-18H2,2H3,(H2,35,37)/t20-/m1/s1. The average Bonchev–Trinajstić information content (AvgIpc) is 3.76. The Labute approximate surface area is 253 Å². The van der Waals surface area contributed by atoms with E-state index in [9.17, 15) is 4.79 Å². The van der Waals surface area contributed by atoms with Crippen molar-refractivity contribution in [3.8, 4) is 17.4 Å². The Morgan fingerprint density at radius 3 is 2.75 bits per heavy atom. The van der Waals surface area contributed by atoms with Crippen LogP contribution in [0.25, 0.3) is 33.1 Å². The van der Waals surface area contributed by atoms with E-state index >= 15 is 8.78 Å². The Kier molecular flexibility index (Phi) is 7.03. The molecule has 3 saturated heterocycles. The molecule has 12 heteroatoms. The number of rotatable bonds is 7.